The quantitative estimate of drug-likeness (QED) is 0.153. The molecule has 0 bridgehead atoms. The third-order valence-electron chi connectivity index (χ3n) is 9.06. The van der Waals surface area contributed by atoms with Gasteiger partial charge in [-0.05, 0) is 36.6 Å². The van der Waals surface area contributed by atoms with Crippen LogP contribution >= 0.6 is 23.2 Å². The number of nitrogens with one attached hydrogen (secondary N) is 3. The lowest BCUT2D eigenvalue weighted by Gasteiger charge is -2.26. The van der Waals surface area contributed by atoms with Crippen molar-refractivity contribution in [3.63, 3.8) is 0 Å². The van der Waals surface area contributed by atoms with Gasteiger partial charge in [-0.25, -0.2) is 9.97 Å². The van der Waals surface area contributed by atoms with E-state index in [4.69, 9.17) is 37.7 Å². The number of hydrogen-bond donors (Lipinski definition) is 3. The summed E-state index contributed by atoms with van der Waals surface area (Å²) < 4.78 is 12.6. The zero-order chi connectivity index (χ0) is 33.9. The minimum atomic E-state index is -0.115. The largest absolute Gasteiger partial charge is 0.481 e. The smallest absolute Gasteiger partial charge is 0.262 e. The molecule has 5 heterocycles. The molecule has 2 atom stereocenters. The fraction of sp³-hybridized carbons (Fsp3) is 0.297. The van der Waals surface area contributed by atoms with Crippen LogP contribution in [0, 0.1) is 0 Å². The normalized spacial score (nSPS) is 17.2. The van der Waals surface area contributed by atoms with Gasteiger partial charge in [0.2, 0.25) is 11.8 Å². The fourth-order valence-electron chi connectivity index (χ4n) is 6.26. The highest BCUT2D eigenvalue weighted by atomic mass is 35.5. The van der Waals surface area contributed by atoms with Gasteiger partial charge in [-0.2, -0.15) is 0 Å². The third kappa shape index (κ3) is 7.06. The molecule has 2 aliphatic rings. The van der Waals surface area contributed by atoms with Crippen molar-refractivity contribution in [1.82, 2.24) is 30.3 Å². The SMILES string of the molecule is COc1nc(-c2cccc(-c3cccc(-c4ccn5c(=O)c(CNC[C@@H]6CCO6)cnc5c4)c3Cl)c2Cl)ccc1CNC[C@@H]1CCC(=O)N1. The number of pyridine rings is 2. The number of carbonyl (C=O) groups is 1. The van der Waals surface area contributed by atoms with Gasteiger partial charge in [0.15, 0.2) is 0 Å². The number of rotatable bonds is 12. The molecule has 1 amide bonds. The van der Waals surface area contributed by atoms with Crippen molar-refractivity contribution in [3.05, 3.63) is 105 Å². The number of fused-ring (bicyclic) bond motifs is 1. The summed E-state index contributed by atoms with van der Waals surface area (Å²) in [6.07, 6.45) is 6.02. The number of carbonyl (C=O) groups excluding carboxylic acids is 1. The third-order valence-corrected chi connectivity index (χ3v) is 9.87. The van der Waals surface area contributed by atoms with Crippen molar-refractivity contribution < 1.29 is 14.3 Å². The highest BCUT2D eigenvalue weighted by Gasteiger charge is 2.21. The number of amides is 1. The first kappa shape index (κ1) is 33.2. The van der Waals surface area contributed by atoms with E-state index in [9.17, 15) is 9.59 Å². The molecule has 7 rings (SSSR count). The predicted molar refractivity (Wildman–Crippen MR) is 191 cm³/mol. The number of ether oxygens (including phenoxy) is 2. The van der Waals surface area contributed by atoms with Crippen LogP contribution in [-0.4, -0.2) is 59.2 Å². The molecule has 2 aliphatic heterocycles. The molecule has 0 aliphatic carbocycles. The van der Waals surface area contributed by atoms with E-state index in [-0.39, 0.29) is 23.6 Å². The number of benzene rings is 2. The molecule has 3 aromatic heterocycles. The molecule has 10 nitrogen and oxygen atoms in total. The van der Waals surface area contributed by atoms with E-state index in [0.29, 0.717) is 65.4 Å². The Bertz CT molecular complexity index is 2080. The summed E-state index contributed by atoms with van der Waals surface area (Å²) in [5, 5.41) is 10.7. The van der Waals surface area contributed by atoms with Crippen molar-refractivity contribution in [2.75, 3.05) is 26.8 Å². The van der Waals surface area contributed by atoms with Gasteiger partial charge in [0.1, 0.15) is 5.65 Å². The number of hydrogen-bond acceptors (Lipinski definition) is 8. The highest BCUT2D eigenvalue weighted by molar-refractivity contribution is 6.39. The molecule has 49 heavy (non-hydrogen) atoms. The summed E-state index contributed by atoms with van der Waals surface area (Å²) in [6.45, 7) is 3.16. The molecule has 5 aromatic rings. The molecule has 12 heteroatoms. The average Bonchev–Trinajstić information content (AvgIpc) is 3.51. The maximum atomic E-state index is 13.2. The van der Waals surface area contributed by atoms with E-state index in [1.807, 2.05) is 60.7 Å². The van der Waals surface area contributed by atoms with Crippen LogP contribution in [-0.2, 0) is 22.6 Å². The minimum absolute atomic E-state index is 0.0969. The van der Waals surface area contributed by atoms with Crippen LogP contribution in [0.1, 0.15) is 30.4 Å². The van der Waals surface area contributed by atoms with Crippen molar-refractivity contribution in [3.8, 4) is 39.4 Å². The maximum Gasteiger partial charge on any atom is 0.262 e. The molecule has 0 unspecified atom stereocenters. The molecule has 0 spiro atoms. The highest BCUT2D eigenvalue weighted by Crippen LogP contribution is 2.42. The van der Waals surface area contributed by atoms with Crippen LogP contribution in [0.4, 0.5) is 0 Å². The molecule has 252 valence electrons. The molecule has 2 saturated heterocycles. The summed E-state index contributed by atoms with van der Waals surface area (Å²) in [5.41, 5.74) is 6.45. The Labute approximate surface area is 293 Å². The summed E-state index contributed by atoms with van der Waals surface area (Å²) in [5.74, 6) is 0.595. The van der Waals surface area contributed by atoms with E-state index in [0.717, 1.165) is 52.8 Å². The monoisotopic (exact) mass is 698 g/mol. The van der Waals surface area contributed by atoms with Gasteiger partial charge in [-0.15, -0.1) is 0 Å². The minimum Gasteiger partial charge on any atom is -0.481 e. The molecule has 3 N–H and O–H groups in total. The van der Waals surface area contributed by atoms with E-state index in [2.05, 4.69) is 20.9 Å². The Kier molecular flexibility index (Phi) is 9.93. The van der Waals surface area contributed by atoms with Gasteiger partial charge >= 0.3 is 0 Å². The lowest BCUT2D eigenvalue weighted by molar-refractivity contribution is -0.119. The zero-order valence-electron chi connectivity index (χ0n) is 27.0. The standard InChI is InChI=1S/C37H36Cl2N6O4/c1-48-36-23(17-40-20-25-9-11-33(46)43-25)8-10-31(44-36)30-7-3-6-29(35(30)39)28-5-2-4-27(34(28)38)22-12-14-45-32(16-22)42-19-24(37(45)47)18-41-21-26-13-15-49-26/h2-8,10,12,14,16,19,25-26,40-41H,9,11,13,15,17-18,20-21H2,1H3,(H,43,46)/t25-,26-/m0/s1. The lowest BCUT2D eigenvalue weighted by Crippen LogP contribution is -2.37. The lowest BCUT2D eigenvalue weighted by atomic mass is 9.97. The van der Waals surface area contributed by atoms with Crippen LogP contribution < -0.4 is 26.2 Å². The Morgan fingerprint density at radius 2 is 1.63 bits per heavy atom. The molecular formula is C37H36Cl2N6O4. The summed E-state index contributed by atoms with van der Waals surface area (Å²) in [4.78, 5) is 34.0. The molecule has 2 fully saturated rings. The maximum absolute atomic E-state index is 13.2. The van der Waals surface area contributed by atoms with Crippen LogP contribution in [0.5, 0.6) is 5.88 Å². The Morgan fingerprint density at radius 1 is 0.918 bits per heavy atom. The number of methoxy groups -OCH3 is 1. The Balaban J connectivity index is 1.12. The van der Waals surface area contributed by atoms with Gasteiger partial charge in [-0.3, -0.25) is 14.0 Å². The molecule has 2 aromatic carbocycles. The Morgan fingerprint density at radius 3 is 2.35 bits per heavy atom. The van der Waals surface area contributed by atoms with Gasteiger partial charge < -0.3 is 25.4 Å². The summed E-state index contributed by atoms with van der Waals surface area (Å²) >= 11 is 14.2. The molecule has 0 radical (unpaired) electrons. The Hall–Kier alpha value is -4.32. The van der Waals surface area contributed by atoms with Crippen molar-refractivity contribution >= 4 is 34.8 Å². The van der Waals surface area contributed by atoms with E-state index in [1.54, 1.807) is 23.9 Å². The van der Waals surface area contributed by atoms with Crippen molar-refractivity contribution in [1.29, 1.82) is 0 Å². The number of nitrogens with zero attached hydrogens (tertiary/aromatic N) is 3. The number of halogens is 2. The summed E-state index contributed by atoms with van der Waals surface area (Å²) in [6, 6.07) is 19.4. The second-order valence-corrected chi connectivity index (χ2v) is 13.0. The van der Waals surface area contributed by atoms with Crippen molar-refractivity contribution in [2.24, 2.45) is 0 Å². The second-order valence-electron chi connectivity index (χ2n) is 12.3. The topological polar surface area (TPSA) is 119 Å². The van der Waals surface area contributed by atoms with Crippen molar-refractivity contribution in [2.45, 2.75) is 44.5 Å². The van der Waals surface area contributed by atoms with Gasteiger partial charge in [-0.1, -0.05) is 65.7 Å². The summed E-state index contributed by atoms with van der Waals surface area (Å²) in [7, 11) is 1.60. The first-order valence-corrected chi connectivity index (χ1v) is 17.1. The van der Waals surface area contributed by atoms with Crippen LogP contribution in [0.2, 0.25) is 10.0 Å². The zero-order valence-corrected chi connectivity index (χ0v) is 28.5. The van der Waals surface area contributed by atoms with E-state index in [1.165, 1.54) is 0 Å². The van der Waals surface area contributed by atoms with Gasteiger partial charge in [0.05, 0.1) is 29.0 Å². The van der Waals surface area contributed by atoms with Crippen LogP contribution in [0.3, 0.4) is 0 Å². The van der Waals surface area contributed by atoms with Crippen LogP contribution in [0.15, 0.2) is 77.9 Å². The second kappa shape index (κ2) is 14.7. The van der Waals surface area contributed by atoms with Crippen LogP contribution in [0.25, 0.3) is 39.2 Å². The average molecular weight is 700 g/mol. The molecular weight excluding hydrogens is 663 g/mol. The first-order valence-electron chi connectivity index (χ1n) is 16.3. The van der Waals surface area contributed by atoms with E-state index < -0.39 is 0 Å². The fourth-order valence-corrected chi connectivity index (χ4v) is 6.92. The predicted octanol–water partition coefficient (Wildman–Crippen LogP) is 5.65. The van der Waals surface area contributed by atoms with Gasteiger partial charge in [0.25, 0.3) is 5.56 Å². The van der Waals surface area contributed by atoms with E-state index >= 15 is 0 Å². The number of aromatic nitrogens is 3. The van der Waals surface area contributed by atoms with Gasteiger partial charge in [0, 0.05) is 91.0 Å². The molecule has 0 saturated carbocycles. The first-order chi connectivity index (χ1) is 23.9.